The lowest BCUT2D eigenvalue weighted by atomic mass is 10.1. The van der Waals surface area contributed by atoms with E-state index in [0.717, 1.165) is 0 Å². The van der Waals surface area contributed by atoms with E-state index in [2.05, 4.69) is 15.9 Å². The Bertz CT molecular complexity index is 970. The minimum atomic E-state index is -1.17. The van der Waals surface area contributed by atoms with Crippen LogP contribution >= 0.6 is 15.9 Å². The number of halogens is 2. The molecule has 1 aliphatic rings. The number of amides is 1. The van der Waals surface area contributed by atoms with E-state index in [1.54, 1.807) is 37.3 Å². The molecule has 3 rings (SSSR count). The molecule has 0 fully saturated rings. The molecular weight excluding hydrogens is 417 g/mol. The fourth-order valence-corrected chi connectivity index (χ4v) is 3.57. The lowest BCUT2D eigenvalue weighted by Gasteiger charge is -2.24. The van der Waals surface area contributed by atoms with Crippen LogP contribution in [0.5, 0.6) is 5.75 Å². The van der Waals surface area contributed by atoms with Crippen molar-refractivity contribution in [2.75, 3.05) is 12.0 Å². The summed E-state index contributed by atoms with van der Waals surface area (Å²) in [5.74, 6) is -1.38. The van der Waals surface area contributed by atoms with Crippen molar-refractivity contribution in [2.45, 2.75) is 19.9 Å². The molecule has 0 unspecified atom stereocenters. The van der Waals surface area contributed by atoms with Crippen molar-refractivity contribution in [1.29, 1.82) is 0 Å². The molecule has 2 aromatic rings. The lowest BCUT2D eigenvalue weighted by molar-refractivity contribution is -0.133. The largest absolute Gasteiger partial charge is 0.497 e. The Labute approximate surface area is 164 Å². The first-order chi connectivity index (χ1) is 12.8. The molecule has 1 heterocycles. The number of ether oxygens (including phenoxy) is 1. The molecule has 5 nitrogen and oxygen atoms in total. The molecule has 1 aliphatic heterocycles. The van der Waals surface area contributed by atoms with Gasteiger partial charge >= 0.3 is 5.97 Å². The SMILES string of the molecule is COc1ccc2c(c1)N(Cc1ccc(C)c(F)c1)C(=O)CC(C(=O)O)=C2Br. The van der Waals surface area contributed by atoms with Crippen molar-refractivity contribution < 1.29 is 23.8 Å². The van der Waals surface area contributed by atoms with Gasteiger partial charge in [0.25, 0.3) is 0 Å². The van der Waals surface area contributed by atoms with Gasteiger partial charge in [-0.3, -0.25) is 4.79 Å². The number of carbonyl (C=O) groups excluding carboxylic acids is 1. The average Bonchev–Trinajstić information content (AvgIpc) is 2.74. The van der Waals surface area contributed by atoms with Crippen molar-refractivity contribution in [2.24, 2.45) is 0 Å². The Hall–Kier alpha value is -2.67. The summed E-state index contributed by atoms with van der Waals surface area (Å²) in [5.41, 5.74) is 2.16. The fourth-order valence-electron chi connectivity index (χ4n) is 2.93. The van der Waals surface area contributed by atoms with Crippen molar-refractivity contribution in [3.8, 4) is 5.75 Å². The van der Waals surface area contributed by atoms with Gasteiger partial charge in [-0.15, -0.1) is 0 Å². The van der Waals surface area contributed by atoms with Crippen molar-refractivity contribution in [3.05, 3.63) is 64.5 Å². The maximum absolute atomic E-state index is 13.9. The molecule has 2 aromatic carbocycles. The van der Waals surface area contributed by atoms with Gasteiger partial charge in [-0.1, -0.05) is 12.1 Å². The maximum atomic E-state index is 13.9. The van der Waals surface area contributed by atoms with E-state index in [-0.39, 0.29) is 24.4 Å². The Kier molecular flexibility index (Phi) is 5.32. The summed E-state index contributed by atoms with van der Waals surface area (Å²) in [6.07, 6.45) is -0.277. The molecule has 0 atom stereocenters. The number of benzene rings is 2. The quantitative estimate of drug-likeness (QED) is 0.781. The van der Waals surface area contributed by atoms with Gasteiger partial charge in [0.15, 0.2) is 0 Å². The molecule has 1 amide bonds. The Morgan fingerprint density at radius 1 is 1.30 bits per heavy atom. The van der Waals surface area contributed by atoms with Crippen LogP contribution in [0.3, 0.4) is 0 Å². The molecule has 0 spiro atoms. The summed E-state index contributed by atoms with van der Waals surface area (Å²) in [5, 5.41) is 9.49. The molecule has 0 radical (unpaired) electrons. The van der Waals surface area contributed by atoms with Crippen LogP contribution in [0.25, 0.3) is 4.48 Å². The molecule has 0 aliphatic carbocycles. The second kappa shape index (κ2) is 7.52. The van der Waals surface area contributed by atoms with Crippen LogP contribution in [0.1, 0.15) is 23.1 Å². The van der Waals surface area contributed by atoms with E-state index in [1.165, 1.54) is 18.1 Å². The van der Waals surface area contributed by atoms with Crippen LogP contribution in [0.4, 0.5) is 10.1 Å². The Balaban J connectivity index is 2.12. The topological polar surface area (TPSA) is 66.8 Å². The summed E-state index contributed by atoms with van der Waals surface area (Å²) >= 11 is 3.33. The van der Waals surface area contributed by atoms with Crippen molar-refractivity contribution >= 4 is 38.0 Å². The highest BCUT2D eigenvalue weighted by atomic mass is 79.9. The number of rotatable bonds is 4. The fraction of sp³-hybridized carbons (Fsp3) is 0.200. The van der Waals surface area contributed by atoms with E-state index < -0.39 is 11.9 Å². The number of anilines is 1. The summed E-state index contributed by atoms with van der Waals surface area (Å²) in [4.78, 5) is 25.9. The van der Waals surface area contributed by atoms with Gasteiger partial charge in [0, 0.05) is 16.1 Å². The van der Waals surface area contributed by atoms with Gasteiger partial charge in [0.2, 0.25) is 5.91 Å². The number of nitrogens with zero attached hydrogens (tertiary/aromatic N) is 1. The molecule has 0 saturated heterocycles. The smallest absolute Gasteiger partial charge is 0.333 e. The van der Waals surface area contributed by atoms with Gasteiger partial charge in [0.05, 0.1) is 31.3 Å². The molecular formula is C20H17BrFNO4. The Morgan fingerprint density at radius 3 is 2.67 bits per heavy atom. The van der Waals surface area contributed by atoms with Crippen LogP contribution in [0.15, 0.2) is 42.0 Å². The minimum Gasteiger partial charge on any atom is -0.497 e. The predicted octanol–water partition coefficient (Wildman–Crippen LogP) is 4.27. The van der Waals surface area contributed by atoms with E-state index in [9.17, 15) is 19.1 Å². The van der Waals surface area contributed by atoms with E-state index >= 15 is 0 Å². The highest BCUT2D eigenvalue weighted by Crippen LogP contribution is 2.40. The molecule has 7 heteroatoms. The van der Waals surface area contributed by atoms with Crippen LogP contribution < -0.4 is 9.64 Å². The standard InChI is InChI=1S/C20H17BrFNO4/c1-11-3-4-12(7-16(11)22)10-23-17-8-13(27-2)5-6-14(17)19(21)15(20(25)26)9-18(23)24/h3-8H,9-10H2,1-2H3,(H,25,26). The van der Waals surface area contributed by atoms with Crippen LogP contribution in [0, 0.1) is 12.7 Å². The second-order valence-corrected chi connectivity index (χ2v) is 7.01. The molecule has 0 bridgehead atoms. The lowest BCUT2D eigenvalue weighted by Crippen LogP contribution is -2.30. The minimum absolute atomic E-state index is 0.0241. The van der Waals surface area contributed by atoms with Crippen molar-refractivity contribution in [3.63, 3.8) is 0 Å². The number of carboxylic acids is 1. The molecule has 1 N–H and O–H groups in total. The predicted molar refractivity (Wildman–Crippen MR) is 103 cm³/mol. The number of aliphatic carboxylic acids is 1. The number of fused-ring (bicyclic) bond motifs is 1. The maximum Gasteiger partial charge on any atom is 0.333 e. The summed E-state index contributed by atoms with van der Waals surface area (Å²) in [6, 6.07) is 9.84. The molecule has 27 heavy (non-hydrogen) atoms. The first kappa shape index (κ1) is 19.1. The highest BCUT2D eigenvalue weighted by molar-refractivity contribution is 9.15. The molecule has 0 saturated carbocycles. The zero-order valence-corrected chi connectivity index (χ0v) is 16.3. The number of methoxy groups -OCH3 is 1. The zero-order valence-electron chi connectivity index (χ0n) is 14.8. The third kappa shape index (κ3) is 3.73. The van der Waals surface area contributed by atoms with Gasteiger partial charge in [-0.25, -0.2) is 9.18 Å². The summed E-state index contributed by atoms with van der Waals surface area (Å²) in [7, 11) is 1.51. The van der Waals surface area contributed by atoms with Gasteiger partial charge < -0.3 is 14.7 Å². The van der Waals surface area contributed by atoms with Gasteiger partial charge in [-0.2, -0.15) is 0 Å². The van der Waals surface area contributed by atoms with Crippen LogP contribution in [-0.4, -0.2) is 24.1 Å². The van der Waals surface area contributed by atoms with Gasteiger partial charge in [-0.05, 0) is 52.2 Å². The first-order valence-electron chi connectivity index (χ1n) is 8.17. The number of hydrogen-bond donors (Lipinski definition) is 1. The number of carbonyl (C=O) groups is 2. The normalized spacial score (nSPS) is 14.1. The number of aryl methyl sites for hydroxylation is 1. The van der Waals surface area contributed by atoms with E-state index in [0.29, 0.717) is 32.6 Å². The third-order valence-corrected chi connectivity index (χ3v) is 5.37. The van der Waals surface area contributed by atoms with Crippen molar-refractivity contribution in [1.82, 2.24) is 0 Å². The zero-order chi connectivity index (χ0) is 19.7. The Morgan fingerprint density at radius 2 is 2.04 bits per heavy atom. The first-order valence-corrected chi connectivity index (χ1v) is 8.97. The summed E-state index contributed by atoms with van der Waals surface area (Å²) < 4.78 is 19.5. The summed E-state index contributed by atoms with van der Waals surface area (Å²) in [6.45, 7) is 1.78. The van der Waals surface area contributed by atoms with E-state index in [4.69, 9.17) is 4.74 Å². The van der Waals surface area contributed by atoms with Gasteiger partial charge in [0.1, 0.15) is 11.6 Å². The second-order valence-electron chi connectivity index (χ2n) is 6.22. The average molecular weight is 434 g/mol. The monoisotopic (exact) mass is 433 g/mol. The number of hydrogen-bond acceptors (Lipinski definition) is 3. The van der Waals surface area contributed by atoms with Crippen LogP contribution in [0.2, 0.25) is 0 Å². The van der Waals surface area contributed by atoms with E-state index in [1.807, 2.05) is 0 Å². The molecule has 140 valence electrons. The number of carboxylic acid groups (broad SMARTS) is 1. The highest BCUT2D eigenvalue weighted by Gasteiger charge is 2.30. The molecule has 0 aromatic heterocycles. The third-order valence-electron chi connectivity index (χ3n) is 4.46. The van der Waals surface area contributed by atoms with Crippen LogP contribution in [-0.2, 0) is 16.1 Å².